The SMILES string of the molecule is Cc1cc(C)cc(NC(=O)c2cc(NCc3ccccn3)nc(C)n2)c1. The second-order valence-electron chi connectivity index (χ2n) is 6.19. The molecule has 2 N–H and O–H groups in total. The molecule has 0 fully saturated rings. The quantitative estimate of drug-likeness (QED) is 0.736. The highest BCUT2D eigenvalue weighted by Crippen LogP contribution is 2.15. The maximum atomic E-state index is 12.6. The lowest BCUT2D eigenvalue weighted by Gasteiger charge is -2.10. The first-order valence-electron chi connectivity index (χ1n) is 8.39. The van der Waals surface area contributed by atoms with Gasteiger partial charge in [0, 0.05) is 18.0 Å². The second kappa shape index (κ2) is 7.74. The van der Waals surface area contributed by atoms with Gasteiger partial charge >= 0.3 is 0 Å². The van der Waals surface area contributed by atoms with E-state index in [-0.39, 0.29) is 5.91 Å². The minimum absolute atomic E-state index is 0.263. The standard InChI is InChI=1S/C20H21N5O/c1-13-8-14(2)10-17(9-13)25-20(26)18-11-19(24-15(3)23-18)22-12-16-6-4-5-7-21-16/h4-11H,12H2,1-3H3,(H,25,26)(H,22,23,24). The van der Waals surface area contributed by atoms with Gasteiger partial charge in [-0.05, 0) is 56.2 Å². The minimum atomic E-state index is -0.263. The molecule has 1 aromatic carbocycles. The Morgan fingerprint density at radius 3 is 2.46 bits per heavy atom. The van der Waals surface area contributed by atoms with Crippen molar-refractivity contribution < 1.29 is 4.79 Å². The number of benzene rings is 1. The number of carbonyl (C=O) groups excluding carboxylic acids is 1. The fourth-order valence-electron chi connectivity index (χ4n) is 2.70. The summed E-state index contributed by atoms with van der Waals surface area (Å²) in [5.74, 6) is 0.858. The van der Waals surface area contributed by atoms with E-state index >= 15 is 0 Å². The van der Waals surface area contributed by atoms with E-state index in [0.29, 0.717) is 23.9 Å². The zero-order valence-corrected chi connectivity index (χ0v) is 15.1. The number of anilines is 2. The van der Waals surface area contributed by atoms with Crippen LogP contribution in [-0.2, 0) is 6.54 Å². The molecule has 1 amide bonds. The Morgan fingerprint density at radius 2 is 1.77 bits per heavy atom. The van der Waals surface area contributed by atoms with E-state index < -0.39 is 0 Å². The number of aromatic nitrogens is 3. The topological polar surface area (TPSA) is 79.8 Å². The Kier molecular flexibility index (Phi) is 5.22. The Balaban J connectivity index is 1.74. The van der Waals surface area contributed by atoms with Crippen LogP contribution in [0.25, 0.3) is 0 Å². The highest BCUT2D eigenvalue weighted by Gasteiger charge is 2.11. The molecule has 2 aromatic heterocycles. The van der Waals surface area contributed by atoms with Crippen molar-refractivity contribution in [2.45, 2.75) is 27.3 Å². The monoisotopic (exact) mass is 347 g/mol. The third-order valence-corrected chi connectivity index (χ3v) is 3.73. The molecular weight excluding hydrogens is 326 g/mol. The van der Waals surface area contributed by atoms with Crippen LogP contribution in [0.3, 0.4) is 0 Å². The molecule has 6 heteroatoms. The van der Waals surface area contributed by atoms with Crippen LogP contribution in [0.15, 0.2) is 48.7 Å². The molecule has 132 valence electrons. The molecule has 0 aliphatic carbocycles. The fourth-order valence-corrected chi connectivity index (χ4v) is 2.70. The summed E-state index contributed by atoms with van der Waals surface area (Å²) < 4.78 is 0. The van der Waals surface area contributed by atoms with Gasteiger partial charge in [-0.15, -0.1) is 0 Å². The van der Waals surface area contributed by atoms with Crippen LogP contribution < -0.4 is 10.6 Å². The van der Waals surface area contributed by atoms with E-state index in [2.05, 4.69) is 31.7 Å². The summed E-state index contributed by atoms with van der Waals surface area (Å²) in [6.07, 6.45) is 1.74. The molecule has 2 heterocycles. The Hall–Kier alpha value is -3.28. The number of carbonyl (C=O) groups is 1. The first kappa shape index (κ1) is 17.5. The van der Waals surface area contributed by atoms with Crippen LogP contribution in [0.1, 0.15) is 33.1 Å². The summed E-state index contributed by atoms with van der Waals surface area (Å²) in [4.78, 5) is 25.4. The van der Waals surface area contributed by atoms with E-state index in [1.54, 1.807) is 19.2 Å². The average molecular weight is 347 g/mol. The lowest BCUT2D eigenvalue weighted by molar-refractivity contribution is 0.102. The van der Waals surface area contributed by atoms with Crippen LogP contribution in [-0.4, -0.2) is 20.9 Å². The van der Waals surface area contributed by atoms with Gasteiger partial charge in [-0.25, -0.2) is 9.97 Å². The molecule has 0 saturated carbocycles. The van der Waals surface area contributed by atoms with Crippen molar-refractivity contribution in [1.29, 1.82) is 0 Å². The molecule has 0 aliphatic heterocycles. The normalized spacial score (nSPS) is 10.4. The molecule has 6 nitrogen and oxygen atoms in total. The molecule has 0 atom stereocenters. The molecule has 0 radical (unpaired) electrons. The highest BCUT2D eigenvalue weighted by molar-refractivity contribution is 6.03. The maximum absolute atomic E-state index is 12.6. The van der Waals surface area contributed by atoms with Gasteiger partial charge in [0.05, 0.1) is 12.2 Å². The number of amides is 1. The van der Waals surface area contributed by atoms with Crippen molar-refractivity contribution >= 4 is 17.4 Å². The van der Waals surface area contributed by atoms with Crippen molar-refractivity contribution in [2.75, 3.05) is 10.6 Å². The first-order valence-corrected chi connectivity index (χ1v) is 8.39. The Bertz CT molecular complexity index is 904. The summed E-state index contributed by atoms with van der Waals surface area (Å²) in [6.45, 7) is 6.28. The van der Waals surface area contributed by atoms with E-state index in [1.807, 2.05) is 44.2 Å². The summed E-state index contributed by atoms with van der Waals surface area (Å²) in [6, 6.07) is 13.3. The van der Waals surface area contributed by atoms with E-state index in [0.717, 1.165) is 22.5 Å². The summed E-state index contributed by atoms with van der Waals surface area (Å²) in [5.41, 5.74) is 4.16. The number of rotatable bonds is 5. The van der Waals surface area contributed by atoms with E-state index in [4.69, 9.17) is 0 Å². The Morgan fingerprint density at radius 1 is 1.00 bits per heavy atom. The zero-order valence-electron chi connectivity index (χ0n) is 15.1. The number of nitrogens with one attached hydrogen (secondary N) is 2. The van der Waals surface area contributed by atoms with Crippen LogP contribution in [0.2, 0.25) is 0 Å². The number of hydrogen-bond acceptors (Lipinski definition) is 5. The lowest BCUT2D eigenvalue weighted by atomic mass is 10.1. The molecule has 3 aromatic rings. The Labute approximate surface area is 152 Å². The van der Waals surface area contributed by atoms with Gasteiger partial charge in [-0.3, -0.25) is 9.78 Å². The molecular formula is C20H21N5O. The molecule has 0 unspecified atom stereocenters. The predicted molar refractivity (Wildman–Crippen MR) is 102 cm³/mol. The largest absolute Gasteiger partial charge is 0.364 e. The van der Waals surface area contributed by atoms with Gasteiger partial charge in [0.2, 0.25) is 0 Å². The maximum Gasteiger partial charge on any atom is 0.274 e. The minimum Gasteiger partial charge on any atom is -0.364 e. The number of aryl methyl sites for hydroxylation is 3. The third-order valence-electron chi connectivity index (χ3n) is 3.73. The number of pyridine rings is 1. The smallest absolute Gasteiger partial charge is 0.274 e. The molecule has 0 spiro atoms. The van der Waals surface area contributed by atoms with Crippen molar-refractivity contribution in [3.63, 3.8) is 0 Å². The fraction of sp³-hybridized carbons (Fsp3) is 0.200. The second-order valence-corrected chi connectivity index (χ2v) is 6.19. The van der Waals surface area contributed by atoms with Crippen LogP contribution in [0.5, 0.6) is 0 Å². The van der Waals surface area contributed by atoms with Crippen LogP contribution in [0.4, 0.5) is 11.5 Å². The molecule has 0 saturated heterocycles. The first-order chi connectivity index (χ1) is 12.5. The third kappa shape index (κ3) is 4.63. The van der Waals surface area contributed by atoms with Crippen molar-refractivity contribution in [3.8, 4) is 0 Å². The summed E-state index contributed by atoms with van der Waals surface area (Å²) >= 11 is 0. The van der Waals surface area contributed by atoms with Gasteiger partial charge in [-0.1, -0.05) is 12.1 Å². The van der Waals surface area contributed by atoms with Gasteiger partial charge in [0.15, 0.2) is 0 Å². The number of nitrogens with zero attached hydrogens (tertiary/aromatic N) is 3. The van der Waals surface area contributed by atoms with Crippen molar-refractivity contribution in [1.82, 2.24) is 15.0 Å². The van der Waals surface area contributed by atoms with E-state index in [1.165, 1.54) is 0 Å². The van der Waals surface area contributed by atoms with Crippen molar-refractivity contribution in [3.05, 3.63) is 77.0 Å². The van der Waals surface area contributed by atoms with Gasteiger partial charge < -0.3 is 10.6 Å². The predicted octanol–water partition coefficient (Wildman–Crippen LogP) is 3.66. The van der Waals surface area contributed by atoms with E-state index in [9.17, 15) is 4.79 Å². The molecule has 0 bridgehead atoms. The molecule has 26 heavy (non-hydrogen) atoms. The zero-order chi connectivity index (χ0) is 18.5. The molecule has 0 aliphatic rings. The summed E-state index contributed by atoms with van der Waals surface area (Å²) in [5, 5.41) is 6.08. The average Bonchev–Trinajstić information content (AvgIpc) is 2.59. The lowest BCUT2D eigenvalue weighted by Crippen LogP contribution is -2.16. The van der Waals surface area contributed by atoms with Crippen LogP contribution in [0, 0.1) is 20.8 Å². The number of hydrogen-bond donors (Lipinski definition) is 2. The molecule has 3 rings (SSSR count). The van der Waals surface area contributed by atoms with Crippen LogP contribution >= 0.6 is 0 Å². The summed E-state index contributed by atoms with van der Waals surface area (Å²) in [7, 11) is 0. The van der Waals surface area contributed by atoms with Gasteiger partial charge in [-0.2, -0.15) is 0 Å². The highest BCUT2D eigenvalue weighted by atomic mass is 16.1. The van der Waals surface area contributed by atoms with Gasteiger partial charge in [0.25, 0.3) is 5.91 Å². The van der Waals surface area contributed by atoms with Gasteiger partial charge in [0.1, 0.15) is 17.3 Å². The van der Waals surface area contributed by atoms with Crippen molar-refractivity contribution in [2.24, 2.45) is 0 Å².